The zero-order valence-corrected chi connectivity index (χ0v) is 13.4. The smallest absolute Gasteiger partial charge is 0.257 e. The van der Waals surface area contributed by atoms with Crippen LogP contribution in [0.15, 0.2) is 66.1 Å². The zero-order chi connectivity index (χ0) is 16.9. The summed E-state index contributed by atoms with van der Waals surface area (Å²) < 4.78 is 24.2. The lowest BCUT2D eigenvalue weighted by Crippen LogP contribution is -2.35. The summed E-state index contributed by atoms with van der Waals surface area (Å²) in [6.45, 7) is 5.20. The third kappa shape index (κ3) is 4.67. The molecule has 0 unspecified atom stereocenters. The maximum Gasteiger partial charge on any atom is 0.257 e. The van der Waals surface area contributed by atoms with Gasteiger partial charge in [-0.3, -0.25) is 4.79 Å². The fraction of sp³-hybridized carbons (Fsp3) is 0.0625. The molecular weight excluding hydrogens is 314 g/mol. The first-order chi connectivity index (χ1) is 10.9. The SMILES string of the molecule is C=C(NNS(=O)(=O)c1ccccc1)c1cccc(NC(C)=O)c1. The van der Waals surface area contributed by atoms with E-state index in [4.69, 9.17) is 0 Å². The molecule has 0 saturated carbocycles. The van der Waals surface area contributed by atoms with Crippen molar-refractivity contribution < 1.29 is 13.2 Å². The zero-order valence-electron chi connectivity index (χ0n) is 12.5. The van der Waals surface area contributed by atoms with E-state index in [-0.39, 0.29) is 10.8 Å². The summed E-state index contributed by atoms with van der Waals surface area (Å²) in [4.78, 5) is 13.5. The molecule has 0 bridgehead atoms. The second kappa shape index (κ2) is 7.08. The van der Waals surface area contributed by atoms with Crippen LogP contribution in [0.25, 0.3) is 5.70 Å². The lowest BCUT2D eigenvalue weighted by atomic mass is 10.1. The van der Waals surface area contributed by atoms with Crippen LogP contribution in [0.1, 0.15) is 12.5 Å². The number of carbonyl (C=O) groups excluding carboxylic acids is 1. The van der Waals surface area contributed by atoms with Gasteiger partial charge >= 0.3 is 0 Å². The molecule has 0 fully saturated rings. The third-order valence-corrected chi connectivity index (χ3v) is 4.18. The van der Waals surface area contributed by atoms with Crippen LogP contribution in [-0.4, -0.2) is 14.3 Å². The fourth-order valence-electron chi connectivity index (χ4n) is 1.85. The largest absolute Gasteiger partial charge is 0.326 e. The fourth-order valence-corrected chi connectivity index (χ4v) is 2.74. The predicted molar refractivity (Wildman–Crippen MR) is 89.7 cm³/mol. The second-order valence-electron chi connectivity index (χ2n) is 4.78. The summed E-state index contributed by atoms with van der Waals surface area (Å²) in [5, 5.41) is 2.65. The van der Waals surface area contributed by atoms with Gasteiger partial charge in [-0.05, 0) is 24.3 Å². The molecule has 0 aliphatic carbocycles. The summed E-state index contributed by atoms with van der Waals surface area (Å²) in [6.07, 6.45) is 0. The molecule has 3 N–H and O–H groups in total. The number of hydrogen-bond donors (Lipinski definition) is 3. The highest BCUT2D eigenvalue weighted by Gasteiger charge is 2.13. The molecule has 0 saturated heterocycles. The van der Waals surface area contributed by atoms with Gasteiger partial charge in [-0.2, -0.15) is 0 Å². The Balaban J connectivity index is 2.07. The predicted octanol–water partition coefficient (Wildman–Crippen LogP) is 2.10. The molecule has 1 amide bonds. The van der Waals surface area contributed by atoms with Crippen molar-refractivity contribution in [1.82, 2.24) is 10.3 Å². The molecule has 2 rings (SSSR count). The van der Waals surface area contributed by atoms with Gasteiger partial charge in [-0.1, -0.05) is 36.9 Å². The monoisotopic (exact) mass is 331 g/mol. The van der Waals surface area contributed by atoms with E-state index in [0.29, 0.717) is 16.9 Å². The van der Waals surface area contributed by atoms with Crippen molar-refractivity contribution in [3.63, 3.8) is 0 Å². The Kier molecular flexibility index (Phi) is 5.15. The van der Waals surface area contributed by atoms with Gasteiger partial charge in [0.2, 0.25) is 5.91 Å². The van der Waals surface area contributed by atoms with E-state index in [1.165, 1.54) is 19.1 Å². The lowest BCUT2D eigenvalue weighted by molar-refractivity contribution is -0.114. The Bertz CT molecular complexity index is 817. The molecule has 0 heterocycles. The molecule has 0 aliphatic rings. The van der Waals surface area contributed by atoms with E-state index in [0.717, 1.165) is 0 Å². The molecule has 7 heteroatoms. The molecule has 6 nitrogen and oxygen atoms in total. The van der Waals surface area contributed by atoms with E-state index in [1.54, 1.807) is 42.5 Å². The second-order valence-corrected chi connectivity index (χ2v) is 6.47. The molecule has 2 aromatic rings. The minimum atomic E-state index is -3.68. The third-order valence-electron chi connectivity index (χ3n) is 2.92. The van der Waals surface area contributed by atoms with Crippen molar-refractivity contribution in [2.75, 3.05) is 5.32 Å². The number of sulfonamides is 1. The number of benzene rings is 2. The Labute approximate surface area is 135 Å². The summed E-state index contributed by atoms with van der Waals surface area (Å²) in [7, 11) is -3.68. The van der Waals surface area contributed by atoms with Gasteiger partial charge in [0.05, 0.1) is 4.90 Å². The Morgan fingerprint density at radius 2 is 1.74 bits per heavy atom. The number of hydrogen-bond acceptors (Lipinski definition) is 4. The average Bonchev–Trinajstić information content (AvgIpc) is 2.53. The van der Waals surface area contributed by atoms with Crippen LogP contribution >= 0.6 is 0 Å². The van der Waals surface area contributed by atoms with Crippen LogP contribution < -0.4 is 15.6 Å². The first-order valence-electron chi connectivity index (χ1n) is 6.78. The average molecular weight is 331 g/mol. The van der Waals surface area contributed by atoms with Crippen molar-refractivity contribution in [2.45, 2.75) is 11.8 Å². The first kappa shape index (κ1) is 16.7. The first-order valence-corrected chi connectivity index (χ1v) is 8.26. The number of anilines is 1. The summed E-state index contributed by atoms with van der Waals surface area (Å²) >= 11 is 0. The Morgan fingerprint density at radius 1 is 1.04 bits per heavy atom. The van der Waals surface area contributed by atoms with Crippen molar-refractivity contribution in [3.05, 3.63) is 66.7 Å². The van der Waals surface area contributed by atoms with Gasteiger partial charge in [0.25, 0.3) is 10.0 Å². The molecule has 0 spiro atoms. The Hall–Kier alpha value is -2.64. The van der Waals surface area contributed by atoms with Gasteiger partial charge < -0.3 is 10.7 Å². The minimum Gasteiger partial charge on any atom is -0.326 e. The maximum atomic E-state index is 12.1. The van der Waals surface area contributed by atoms with Crippen molar-refractivity contribution >= 4 is 27.3 Å². The van der Waals surface area contributed by atoms with Crippen LogP contribution in [0.3, 0.4) is 0 Å². The van der Waals surface area contributed by atoms with Crippen LogP contribution in [-0.2, 0) is 14.8 Å². The topological polar surface area (TPSA) is 87.3 Å². The van der Waals surface area contributed by atoms with E-state index < -0.39 is 10.0 Å². The van der Waals surface area contributed by atoms with Crippen molar-refractivity contribution in [2.24, 2.45) is 0 Å². The summed E-state index contributed by atoms with van der Waals surface area (Å²) in [6, 6.07) is 14.9. The van der Waals surface area contributed by atoms with Crippen LogP contribution in [0.4, 0.5) is 5.69 Å². The minimum absolute atomic E-state index is 0.146. The maximum absolute atomic E-state index is 12.1. The highest BCUT2D eigenvalue weighted by molar-refractivity contribution is 7.89. The highest BCUT2D eigenvalue weighted by atomic mass is 32.2. The van der Waals surface area contributed by atoms with Crippen molar-refractivity contribution in [3.8, 4) is 0 Å². The lowest BCUT2D eigenvalue weighted by Gasteiger charge is -2.13. The summed E-state index contributed by atoms with van der Waals surface area (Å²) in [5.74, 6) is -0.189. The standard InChI is InChI=1S/C16H17N3O3S/c1-12(14-7-6-8-15(11-14)17-13(2)20)18-19-23(21,22)16-9-4-3-5-10-16/h3-11,18-19H,1H2,2H3,(H,17,20). The number of amides is 1. The molecule has 0 radical (unpaired) electrons. The Morgan fingerprint density at radius 3 is 2.39 bits per heavy atom. The van der Waals surface area contributed by atoms with Crippen LogP contribution in [0.5, 0.6) is 0 Å². The van der Waals surface area contributed by atoms with Gasteiger partial charge in [0, 0.05) is 23.9 Å². The van der Waals surface area contributed by atoms with Crippen molar-refractivity contribution in [1.29, 1.82) is 0 Å². The number of nitrogens with one attached hydrogen (secondary N) is 3. The van der Waals surface area contributed by atoms with E-state index in [2.05, 4.69) is 22.2 Å². The quantitative estimate of drug-likeness (QED) is 0.708. The molecule has 2 aromatic carbocycles. The van der Waals surface area contributed by atoms with Gasteiger partial charge in [0.15, 0.2) is 0 Å². The highest BCUT2D eigenvalue weighted by Crippen LogP contribution is 2.16. The summed E-state index contributed by atoms with van der Waals surface area (Å²) in [5.41, 5.74) is 4.18. The van der Waals surface area contributed by atoms with Gasteiger partial charge in [-0.15, -0.1) is 4.83 Å². The molecule has 0 aromatic heterocycles. The molecular formula is C16H17N3O3S. The molecule has 0 aliphatic heterocycles. The van der Waals surface area contributed by atoms with E-state index >= 15 is 0 Å². The van der Waals surface area contributed by atoms with E-state index in [1.807, 2.05) is 0 Å². The number of carbonyl (C=O) groups is 1. The van der Waals surface area contributed by atoms with E-state index in [9.17, 15) is 13.2 Å². The number of hydrazine groups is 1. The van der Waals surface area contributed by atoms with Gasteiger partial charge in [-0.25, -0.2) is 8.42 Å². The van der Waals surface area contributed by atoms with Gasteiger partial charge in [0.1, 0.15) is 0 Å². The van der Waals surface area contributed by atoms with Crippen LogP contribution in [0.2, 0.25) is 0 Å². The number of rotatable bonds is 6. The molecule has 23 heavy (non-hydrogen) atoms. The van der Waals surface area contributed by atoms with Crippen LogP contribution in [0, 0.1) is 0 Å². The molecule has 120 valence electrons. The molecule has 0 atom stereocenters. The normalized spacial score (nSPS) is 10.8.